The number of nitrogens with zero attached hydrogens (tertiary/aromatic N) is 2. The largest absolute Gasteiger partial charge is 0.513 e. The minimum absolute atomic E-state index is 0.222. The van der Waals surface area contributed by atoms with E-state index in [0.717, 1.165) is 0 Å². The summed E-state index contributed by atoms with van der Waals surface area (Å²) in [5.74, 6) is -0.858. The van der Waals surface area contributed by atoms with E-state index in [0.29, 0.717) is 0 Å². The quantitative estimate of drug-likeness (QED) is 0.570. The molecular formula is C10H9N3O4. The molecule has 1 heterocycles. The van der Waals surface area contributed by atoms with Crippen LogP contribution in [0.15, 0.2) is 42.7 Å². The van der Waals surface area contributed by atoms with E-state index in [1.165, 1.54) is 12.1 Å². The van der Waals surface area contributed by atoms with Crippen LogP contribution < -0.4 is 0 Å². The molecule has 0 amide bonds. The maximum absolute atomic E-state index is 10.9. The number of aromatic nitrogens is 3. The number of hydrogen-bond donors (Lipinski definition) is 2. The Morgan fingerprint density at radius 3 is 2.12 bits per heavy atom. The summed E-state index contributed by atoms with van der Waals surface area (Å²) in [4.78, 5) is 20.8. The third-order valence-corrected chi connectivity index (χ3v) is 1.52. The standard InChI is InChI=1S/C8H6O4.C2H3N3/c9-7(12-8(10)11)6-4-2-1-3-5-6;1-2-4-5-3-1/h1-5H,(H,10,11);1-2H,(H,3,4,5). The van der Waals surface area contributed by atoms with Crippen molar-refractivity contribution in [3.8, 4) is 0 Å². The number of benzene rings is 1. The second kappa shape index (κ2) is 6.72. The number of carbonyl (C=O) groups is 2. The first-order valence-electron chi connectivity index (χ1n) is 4.50. The second-order valence-electron chi connectivity index (χ2n) is 2.68. The minimum atomic E-state index is -1.59. The van der Waals surface area contributed by atoms with Gasteiger partial charge in [-0.1, -0.05) is 18.2 Å². The number of nitrogens with one attached hydrogen (secondary N) is 1. The SMILES string of the molecule is O=C(O)OC(=O)c1ccccc1.c1cn[nH]n1. The maximum Gasteiger partial charge on any atom is 0.513 e. The molecule has 0 radical (unpaired) electrons. The van der Waals surface area contributed by atoms with Crippen LogP contribution in [0, 0.1) is 0 Å². The van der Waals surface area contributed by atoms with Gasteiger partial charge in [0.15, 0.2) is 0 Å². The molecule has 7 heteroatoms. The normalized spacial score (nSPS) is 8.71. The Hall–Kier alpha value is -2.70. The van der Waals surface area contributed by atoms with Gasteiger partial charge in [0, 0.05) is 0 Å². The number of carboxylic acid groups (broad SMARTS) is 1. The summed E-state index contributed by atoms with van der Waals surface area (Å²) in [5.41, 5.74) is 0.222. The molecule has 0 saturated heterocycles. The van der Waals surface area contributed by atoms with Gasteiger partial charge in [0.1, 0.15) is 0 Å². The molecule has 7 nitrogen and oxygen atoms in total. The van der Waals surface area contributed by atoms with Crippen LogP contribution >= 0.6 is 0 Å². The lowest BCUT2D eigenvalue weighted by Crippen LogP contribution is -2.09. The molecule has 1 aromatic heterocycles. The van der Waals surface area contributed by atoms with Crippen molar-refractivity contribution in [3.63, 3.8) is 0 Å². The molecule has 0 aliphatic heterocycles. The van der Waals surface area contributed by atoms with E-state index in [1.54, 1.807) is 30.6 Å². The highest BCUT2D eigenvalue weighted by Crippen LogP contribution is 2.00. The molecule has 0 aliphatic rings. The average Bonchev–Trinajstić information content (AvgIpc) is 2.88. The average molecular weight is 235 g/mol. The Kier molecular flexibility index (Phi) is 4.89. The molecule has 17 heavy (non-hydrogen) atoms. The maximum atomic E-state index is 10.9. The predicted molar refractivity (Wildman–Crippen MR) is 56.3 cm³/mol. The number of rotatable bonds is 1. The molecule has 0 fully saturated rings. The van der Waals surface area contributed by atoms with Crippen molar-refractivity contribution < 1.29 is 19.4 Å². The van der Waals surface area contributed by atoms with Crippen molar-refractivity contribution in [2.24, 2.45) is 0 Å². The van der Waals surface area contributed by atoms with Gasteiger partial charge in [-0.05, 0) is 12.1 Å². The van der Waals surface area contributed by atoms with Gasteiger partial charge in [-0.2, -0.15) is 15.4 Å². The predicted octanol–water partition coefficient (Wildman–Crippen LogP) is 1.33. The summed E-state index contributed by atoms with van der Waals surface area (Å²) in [6, 6.07) is 7.92. The van der Waals surface area contributed by atoms with Gasteiger partial charge in [-0.25, -0.2) is 9.59 Å². The zero-order valence-electron chi connectivity index (χ0n) is 8.61. The molecule has 2 rings (SSSR count). The third-order valence-electron chi connectivity index (χ3n) is 1.52. The third kappa shape index (κ3) is 5.07. The van der Waals surface area contributed by atoms with Crippen LogP contribution in [0.1, 0.15) is 10.4 Å². The van der Waals surface area contributed by atoms with Crippen molar-refractivity contribution in [3.05, 3.63) is 48.3 Å². The highest BCUT2D eigenvalue weighted by atomic mass is 16.7. The first kappa shape index (κ1) is 12.4. The number of H-pyrrole nitrogens is 1. The Bertz CT molecular complexity index is 438. The summed E-state index contributed by atoms with van der Waals surface area (Å²) in [7, 11) is 0. The highest BCUT2D eigenvalue weighted by molar-refractivity contribution is 5.94. The van der Waals surface area contributed by atoms with Crippen molar-refractivity contribution in [1.82, 2.24) is 15.4 Å². The Labute approximate surface area is 96.0 Å². The van der Waals surface area contributed by atoms with Gasteiger partial charge < -0.3 is 9.84 Å². The fraction of sp³-hybridized carbons (Fsp3) is 0. The molecule has 2 aromatic rings. The molecule has 0 bridgehead atoms. The molecule has 0 saturated carbocycles. The summed E-state index contributed by atoms with van der Waals surface area (Å²) in [6.45, 7) is 0. The van der Waals surface area contributed by atoms with Crippen molar-refractivity contribution in [2.45, 2.75) is 0 Å². The number of aromatic amines is 1. The first-order valence-corrected chi connectivity index (χ1v) is 4.50. The van der Waals surface area contributed by atoms with Gasteiger partial charge in [-0.15, -0.1) is 0 Å². The fourth-order valence-electron chi connectivity index (χ4n) is 0.879. The van der Waals surface area contributed by atoms with E-state index in [4.69, 9.17) is 5.11 Å². The number of esters is 1. The van der Waals surface area contributed by atoms with Crippen LogP contribution in [-0.4, -0.2) is 32.6 Å². The van der Waals surface area contributed by atoms with E-state index in [-0.39, 0.29) is 5.56 Å². The lowest BCUT2D eigenvalue weighted by molar-refractivity contribution is 0.0509. The van der Waals surface area contributed by atoms with E-state index in [9.17, 15) is 9.59 Å². The highest BCUT2D eigenvalue weighted by Gasteiger charge is 2.09. The molecule has 2 N–H and O–H groups in total. The molecule has 0 unspecified atom stereocenters. The van der Waals surface area contributed by atoms with Crippen LogP contribution in [0.3, 0.4) is 0 Å². The lowest BCUT2D eigenvalue weighted by atomic mass is 10.2. The van der Waals surface area contributed by atoms with Gasteiger partial charge in [-0.3, -0.25) is 0 Å². The smallest absolute Gasteiger partial charge is 0.449 e. The topological polar surface area (TPSA) is 105 Å². The van der Waals surface area contributed by atoms with E-state index in [2.05, 4.69) is 20.1 Å². The van der Waals surface area contributed by atoms with Crippen LogP contribution in [0.5, 0.6) is 0 Å². The molecule has 0 atom stereocenters. The fourth-order valence-corrected chi connectivity index (χ4v) is 0.879. The van der Waals surface area contributed by atoms with Gasteiger partial charge >= 0.3 is 12.1 Å². The number of carbonyl (C=O) groups excluding carboxylic acids is 1. The molecular weight excluding hydrogens is 226 g/mol. The molecule has 0 aliphatic carbocycles. The van der Waals surface area contributed by atoms with Crippen LogP contribution in [0.2, 0.25) is 0 Å². The molecule has 1 aromatic carbocycles. The number of ether oxygens (including phenoxy) is 1. The van der Waals surface area contributed by atoms with E-state index in [1.807, 2.05) is 0 Å². The summed E-state index contributed by atoms with van der Waals surface area (Å²) in [6.07, 6.45) is 1.57. The lowest BCUT2D eigenvalue weighted by Gasteiger charge is -1.96. The van der Waals surface area contributed by atoms with Gasteiger partial charge in [0.05, 0.1) is 18.0 Å². The number of hydrogen-bond acceptors (Lipinski definition) is 5. The molecule has 0 spiro atoms. The first-order chi connectivity index (χ1) is 8.20. The van der Waals surface area contributed by atoms with Crippen LogP contribution in [0.4, 0.5) is 4.79 Å². The van der Waals surface area contributed by atoms with Gasteiger partial charge in [0.25, 0.3) is 0 Å². The Balaban J connectivity index is 0.000000239. The van der Waals surface area contributed by atoms with Crippen molar-refractivity contribution in [2.75, 3.05) is 0 Å². The summed E-state index contributed by atoms with van der Waals surface area (Å²) >= 11 is 0. The zero-order valence-corrected chi connectivity index (χ0v) is 8.61. The van der Waals surface area contributed by atoms with Crippen LogP contribution in [-0.2, 0) is 4.74 Å². The van der Waals surface area contributed by atoms with Crippen molar-refractivity contribution in [1.29, 1.82) is 0 Å². The monoisotopic (exact) mass is 235 g/mol. The zero-order chi connectivity index (χ0) is 12.5. The van der Waals surface area contributed by atoms with E-state index >= 15 is 0 Å². The minimum Gasteiger partial charge on any atom is -0.449 e. The second-order valence-corrected chi connectivity index (χ2v) is 2.68. The van der Waals surface area contributed by atoms with Crippen LogP contribution in [0.25, 0.3) is 0 Å². The van der Waals surface area contributed by atoms with E-state index < -0.39 is 12.1 Å². The van der Waals surface area contributed by atoms with Gasteiger partial charge in [0.2, 0.25) is 0 Å². The summed E-state index contributed by atoms with van der Waals surface area (Å²) < 4.78 is 3.91. The van der Waals surface area contributed by atoms with Crippen molar-refractivity contribution >= 4 is 12.1 Å². The Morgan fingerprint density at radius 2 is 1.71 bits per heavy atom. The molecule has 88 valence electrons. The summed E-state index contributed by atoms with van der Waals surface area (Å²) in [5, 5.41) is 17.4. The Morgan fingerprint density at radius 1 is 1.12 bits per heavy atom.